The number of aromatic nitrogens is 3. The van der Waals surface area contributed by atoms with Gasteiger partial charge in [0, 0.05) is 25.3 Å². The van der Waals surface area contributed by atoms with Gasteiger partial charge in [-0.15, -0.1) is 0 Å². The number of carbonyl (C=O) groups is 1. The summed E-state index contributed by atoms with van der Waals surface area (Å²) in [4.78, 5) is 19.6. The van der Waals surface area contributed by atoms with Crippen LogP contribution in [0.4, 0.5) is 0 Å². The number of fused-ring (bicyclic) bond motifs is 1. The zero-order chi connectivity index (χ0) is 15.9. The van der Waals surface area contributed by atoms with Gasteiger partial charge in [-0.3, -0.25) is 4.79 Å². The van der Waals surface area contributed by atoms with Crippen molar-refractivity contribution in [3.05, 3.63) is 23.0 Å². The summed E-state index contributed by atoms with van der Waals surface area (Å²) in [7, 11) is 0. The summed E-state index contributed by atoms with van der Waals surface area (Å²) in [5.41, 5.74) is 3.34. The first-order valence-electron chi connectivity index (χ1n) is 8.15. The fourth-order valence-electron chi connectivity index (χ4n) is 3.41. The molecule has 22 heavy (non-hydrogen) atoms. The molecule has 0 radical (unpaired) electrons. The standard InChI is InChI=1S/C17H24N4O/c1-5-21-16-15(13(4)19-21)14(9-12(3)18-16)17(22)20-8-6-7-11(2)10-20/h9,11H,5-8,10H2,1-4H3. The maximum absolute atomic E-state index is 13.0. The molecule has 5 nitrogen and oxygen atoms in total. The summed E-state index contributed by atoms with van der Waals surface area (Å²) in [5, 5.41) is 5.45. The Kier molecular flexibility index (Phi) is 3.89. The van der Waals surface area contributed by atoms with E-state index < -0.39 is 0 Å². The van der Waals surface area contributed by atoms with E-state index in [1.54, 1.807) is 0 Å². The van der Waals surface area contributed by atoms with Gasteiger partial charge in [0.05, 0.1) is 16.6 Å². The quantitative estimate of drug-likeness (QED) is 0.857. The van der Waals surface area contributed by atoms with E-state index in [0.717, 1.165) is 54.0 Å². The molecule has 2 aromatic heterocycles. The number of rotatable bonds is 2. The number of piperidine rings is 1. The monoisotopic (exact) mass is 300 g/mol. The molecule has 2 aromatic rings. The second-order valence-corrected chi connectivity index (χ2v) is 6.41. The predicted molar refractivity (Wildman–Crippen MR) is 87.0 cm³/mol. The third-order valence-corrected chi connectivity index (χ3v) is 4.48. The van der Waals surface area contributed by atoms with Crippen molar-refractivity contribution >= 4 is 16.9 Å². The van der Waals surface area contributed by atoms with Gasteiger partial charge in [0.15, 0.2) is 5.65 Å². The number of aryl methyl sites for hydroxylation is 3. The summed E-state index contributed by atoms with van der Waals surface area (Å²) in [6, 6.07) is 1.92. The van der Waals surface area contributed by atoms with Crippen LogP contribution in [0.25, 0.3) is 11.0 Å². The Hall–Kier alpha value is -1.91. The van der Waals surface area contributed by atoms with Gasteiger partial charge in [-0.25, -0.2) is 9.67 Å². The third-order valence-electron chi connectivity index (χ3n) is 4.48. The second kappa shape index (κ2) is 5.71. The maximum Gasteiger partial charge on any atom is 0.254 e. The predicted octanol–water partition coefficient (Wildman–Crippen LogP) is 2.94. The van der Waals surface area contributed by atoms with Crippen molar-refractivity contribution in [2.75, 3.05) is 13.1 Å². The van der Waals surface area contributed by atoms with Crippen molar-refractivity contribution in [3.63, 3.8) is 0 Å². The summed E-state index contributed by atoms with van der Waals surface area (Å²) >= 11 is 0. The molecule has 0 N–H and O–H groups in total. The number of hydrogen-bond acceptors (Lipinski definition) is 3. The number of carbonyl (C=O) groups excluding carboxylic acids is 1. The average molecular weight is 300 g/mol. The molecule has 1 amide bonds. The highest BCUT2D eigenvalue weighted by Gasteiger charge is 2.25. The van der Waals surface area contributed by atoms with Crippen LogP contribution in [0.3, 0.4) is 0 Å². The molecule has 0 aromatic carbocycles. The summed E-state index contributed by atoms with van der Waals surface area (Å²) < 4.78 is 1.88. The lowest BCUT2D eigenvalue weighted by atomic mass is 9.99. The number of hydrogen-bond donors (Lipinski definition) is 0. The Morgan fingerprint density at radius 3 is 2.86 bits per heavy atom. The molecular weight excluding hydrogens is 276 g/mol. The van der Waals surface area contributed by atoms with E-state index in [-0.39, 0.29) is 5.91 Å². The van der Waals surface area contributed by atoms with Gasteiger partial charge >= 0.3 is 0 Å². The van der Waals surface area contributed by atoms with Gasteiger partial charge in [0.25, 0.3) is 5.91 Å². The van der Waals surface area contributed by atoms with E-state index in [2.05, 4.69) is 17.0 Å². The molecule has 0 aliphatic carbocycles. The lowest BCUT2D eigenvalue weighted by Gasteiger charge is -2.31. The molecule has 1 aliphatic rings. The van der Waals surface area contributed by atoms with Gasteiger partial charge < -0.3 is 4.90 Å². The Balaban J connectivity index is 2.09. The van der Waals surface area contributed by atoms with Crippen molar-refractivity contribution in [2.45, 2.75) is 47.1 Å². The molecule has 5 heteroatoms. The number of pyridine rings is 1. The Labute approximate surface area is 131 Å². The third kappa shape index (κ3) is 2.49. The fourth-order valence-corrected chi connectivity index (χ4v) is 3.41. The molecule has 118 valence electrons. The second-order valence-electron chi connectivity index (χ2n) is 6.41. The van der Waals surface area contributed by atoms with Crippen LogP contribution in [0.2, 0.25) is 0 Å². The number of likely N-dealkylation sites (tertiary alicyclic amines) is 1. The van der Waals surface area contributed by atoms with E-state index in [1.165, 1.54) is 6.42 Å². The Bertz CT molecular complexity index is 719. The topological polar surface area (TPSA) is 51.0 Å². The molecule has 1 fully saturated rings. The van der Waals surface area contributed by atoms with Crippen LogP contribution in [0, 0.1) is 19.8 Å². The normalized spacial score (nSPS) is 18.9. The zero-order valence-corrected chi connectivity index (χ0v) is 13.9. The van der Waals surface area contributed by atoms with Crippen molar-refractivity contribution in [1.29, 1.82) is 0 Å². The molecule has 1 aliphatic heterocycles. The van der Waals surface area contributed by atoms with Crippen LogP contribution < -0.4 is 0 Å². The molecule has 3 heterocycles. The van der Waals surface area contributed by atoms with E-state index in [0.29, 0.717) is 5.92 Å². The highest BCUT2D eigenvalue weighted by molar-refractivity contribution is 6.06. The Morgan fingerprint density at radius 2 is 2.18 bits per heavy atom. The van der Waals surface area contributed by atoms with Crippen LogP contribution in [0.5, 0.6) is 0 Å². The smallest absolute Gasteiger partial charge is 0.254 e. The van der Waals surface area contributed by atoms with Gasteiger partial charge in [-0.1, -0.05) is 6.92 Å². The first-order valence-corrected chi connectivity index (χ1v) is 8.15. The minimum atomic E-state index is 0.126. The molecule has 3 rings (SSSR count). The van der Waals surface area contributed by atoms with Crippen molar-refractivity contribution in [3.8, 4) is 0 Å². The molecule has 0 bridgehead atoms. The highest BCUT2D eigenvalue weighted by atomic mass is 16.2. The van der Waals surface area contributed by atoms with E-state index in [9.17, 15) is 4.79 Å². The lowest BCUT2D eigenvalue weighted by molar-refractivity contribution is 0.0685. The van der Waals surface area contributed by atoms with Gasteiger partial charge in [0.2, 0.25) is 0 Å². The highest BCUT2D eigenvalue weighted by Crippen LogP contribution is 2.25. The minimum Gasteiger partial charge on any atom is -0.338 e. The van der Waals surface area contributed by atoms with Crippen LogP contribution >= 0.6 is 0 Å². The SMILES string of the molecule is CCn1nc(C)c2c(C(=O)N3CCCC(C)C3)cc(C)nc21. The minimum absolute atomic E-state index is 0.126. The van der Waals surface area contributed by atoms with Gasteiger partial charge in [-0.05, 0) is 45.6 Å². The first-order chi connectivity index (χ1) is 10.5. The number of amides is 1. The number of nitrogens with zero attached hydrogens (tertiary/aromatic N) is 4. The van der Waals surface area contributed by atoms with Crippen LogP contribution in [-0.2, 0) is 6.54 Å². The zero-order valence-electron chi connectivity index (χ0n) is 13.9. The van der Waals surface area contributed by atoms with Gasteiger partial charge in [-0.2, -0.15) is 5.10 Å². The first kappa shape index (κ1) is 15.0. The van der Waals surface area contributed by atoms with Crippen LogP contribution in [0.1, 0.15) is 48.4 Å². The summed E-state index contributed by atoms with van der Waals surface area (Å²) in [6.07, 6.45) is 2.30. The van der Waals surface area contributed by atoms with Crippen molar-refractivity contribution in [2.24, 2.45) is 5.92 Å². The van der Waals surface area contributed by atoms with E-state index >= 15 is 0 Å². The maximum atomic E-state index is 13.0. The van der Waals surface area contributed by atoms with Gasteiger partial charge in [0.1, 0.15) is 0 Å². The van der Waals surface area contributed by atoms with Crippen LogP contribution in [-0.4, -0.2) is 38.7 Å². The molecule has 1 atom stereocenters. The van der Waals surface area contributed by atoms with E-state index in [1.807, 2.05) is 36.4 Å². The summed E-state index contributed by atoms with van der Waals surface area (Å²) in [6.45, 7) is 10.6. The summed E-state index contributed by atoms with van der Waals surface area (Å²) in [5.74, 6) is 0.705. The fraction of sp³-hybridized carbons (Fsp3) is 0.588. The van der Waals surface area contributed by atoms with Crippen LogP contribution in [0.15, 0.2) is 6.07 Å². The molecule has 1 saturated heterocycles. The molecular formula is C17H24N4O. The largest absolute Gasteiger partial charge is 0.338 e. The molecule has 1 unspecified atom stereocenters. The lowest BCUT2D eigenvalue weighted by Crippen LogP contribution is -2.39. The average Bonchev–Trinajstić information content (AvgIpc) is 2.82. The molecule has 0 saturated carbocycles. The van der Waals surface area contributed by atoms with E-state index in [4.69, 9.17) is 0 Å². The van der Waals surface area contributed by atoms with Crippen molar-refractivity contribution in [1.82, 2.24) is 19.7 Å². The molecule has 0 spiro atoms. The Morgan fingerprint density at radius 1 is 1.41 bits per heavy atom. The van der Waals surface area contributed by atoms with Crippen molar-refractivity contribution < 1.29 is 4.79 Å².